The molecule has 9 nitrogen and oxygen atoms in total. The number of carbonyl (C=O) groups excluding carboxylic acids is 1. The van der Waals surface area contributed by atoms with Gasteiger partial charge in [-0.05, 0) is 53.4 Å². The molecule has 5 rings (SSSR count). The Morgan fingerprint density at radius 2 is 2.00 bits per heavy atom. The van der Waals surface area contributed by atoms with Gasteiger partial charge in [-0.1, -0.05) is 45.2 Å². The Kier molecular flexibility index (Phi) is 10.7. The molecule has 3 aromatic heterocycles. The van der Waals surface area contributed by atoms with Crippen LogP contribution >= 0.6 is 56.5 Å². The normalized spacial score (nSPS) is 16.4. The predicted molar refractivity (Wildman–Crippen MR) is 156 cm³/mol. The van der Waals surface area contributed by atoms with Gasteiger partial charge in [0.05, 0.1) is 10.6 Å². The van der Waals surface area contributed by atoms with Gasteiger partial charge >= 0.3 is 0 Å². The first-order valence-corrected chi connectivity index (χ1v) is 16.5. The number of nitrogens with zero attached hydrogens (tertiary/aromatic N) is 5. The van der Waals surface area contributed by atoms with Crippen molar-refractivity contribution >= 4 is 79.2 Å². The Morgan fingerprint density at radius 1 is 1.28 bits per heavy atom. The van der Waals surface area contributed by atoms with Gasteiger partial charge in [-0.25, -0.2) is 8.78 Å². The first kappa shape index (κ1) is 29.0. The second kappa shape index (κ2) is 13.3. The minimum atomic E-state index is -2.65. The molecular weight excluding hydrogens is 716 g/mol. The lowest BCUT2D eigenvalue weighted by Crippen LogP contribution is -2.28. The lowest BCUT2D eigenvalue weighted by Gasteiger charge is -2.25. The van der Waals surface area contributed by atoms with E-state index in [4.69, 9.17) is 5.73 Å². The Labute approximate surface area is 240 Å². The van der Waals surface area contributed by atoms with E-state index in [1.807, 2.05) is 14.4 Å². The second-order valence-electron chi connectivity index (χ2n) is 8.36. The van der Waals surface area contributed by atoms with E-state index in [2.05, 4.69) is 71.1 Å². The minimum Gasteiger partial charge on any atom is -0.390 e. The van der Waals surface area contributed by atoms with Crippen molar-refractivity contribution in [3.05, 3.63) is 34.1 Å². The fourth-order valence-electron chi connectivity index (χ4n) is 4.15. The van der Waals surface area contributed by atoms with Crippen molar-refractivity contribution in [1.82, 2.24) is 29.9 Å². The van der Waals surface area contributed by atoms with Crippen molar-refractivity contribution in [3.8, 4) is 0 Å². The van der Waals surface area contributed by atoms with Crippen LogP contribution < -0.4 is 16.4 Å². The summed E-state index contributed by atoms with van der Waals surface area (Å²) < 4.78 is 29.2. The fourth-order valence-corrected chi connectivity index (χ4v) is 5.26. The molecule has 0 saturated heterocycles. The molecule has 2 aliphatic carbocycles. The monoisotopic (exact) mass is 746 g/mol. The topological polar surface area (TPSA) is 116 Å². The standard InChI is InChI=1S/C20H24F2N8OS.2CH3I/c1-29-15(7-13(28-29)17(21)22)26-20-27-25-9-30(20)11-4-5-14-12(6-11)16(18(23)32-14)19(31)24-8-10-2-3-10;2*1-2/h7,9-11,17H,2-6,8,23H2,1H3,(H,24,31)(H,26,27);2*1H3/t11-;;/m0../s1. The summed E-state index contributed by atoms with van der Waals surface area (Å²) in [4.78, 5) is 17.9. The molecule has 1 amide bonds. The molecule has 0 spiro atoms. The number of hydrogen-bond acceptors (Lipinski definition) is 7. The number of aryl methyl sites for hydroxylation is 2. The quantitative estimate of drug-likeness (QED) is 0.223. The summed E-state index contributed by atoms with van der Waals surface area (Å²) in [6.45, 7) is 0.692. The van der Waals surface area contributed by atoms with Gasteiger partial charge in [0.25, 0.3) is 12.3 Å². The van der Waals surface area contributed by atoms with Gasteiger partial charge in [-0.15, -0.1) is 21.5 Å². The molecule has 36 heavy (non-hydrogen) atoms. The summed E-state index contributed by atoms with van der Waals surface area (Å²) in [5, 5.41) is 18.6. The van der Waals surface area contributed by atoms with Crippen LogP contribution in [0, 0.1) is 5.92 Å². The van der Waals surface area contributed by atoms with Gasteiger partial charge in [0.2, 0.25) is 5.95 Å². The van der Waals surface area contributed by atoms with Crippen molar-refractivity contribution < 1.29 is 13.6 Å². The number of nitrogens with one attached hydrogen (secondary N) is 2. The van der Waals surface area contributed by atoms with Crippen LogP contribution in [-0.2, 0) is 19.9 Å². The van der Waals surface area contributed by atoms with Crippen LogP contribution in [0.3, 0.4) is 0 Å². The van der Waals surface area contributed by atoms with E-state index in [9.17, 15) is 13.6 Å². The molecule has 1 saturated carbocycles. The molecule has 14 heteroatoms. The molecule has 198 valence electrons. The zero-order chi connectivity index (χ0) is 26.4. The number of nitrogens with two attached hydrogens (primary N) is 1. The van der Waals surface area contributed by atoms with Crippen LogP contribution in [-0.4, -0.2) is 46.9 Å². The third-order valence-corrected chi connectivity index (χ3v) is 7.19. The highest BCUT2D eigenvalue weighted by molar-refractivity contribution is 14.1. The number of carbonyl (C=O) groups is 1. The lowest BCUT2D eigenvalue weighted by molar-refractivity contribution is 0.0951. The van der Waals surface area contributed by atoms with Crippen molar-refractivity contribution in [2.75, 3.05) is 27.5 Å². The SMILES string of the molecule is CI.CI.Cn1nc(C(F)F)cc1Nc1nncn1[C@H]1CCc2sc(N)c(C(=O)NCC3CC3)c2C1. The molecule has 0 unspecified atom stereocenters. The molecule has 1 fully saturated rings. The number of anilines is 3. The Hall–Kier alpha value is -1.56. The molecule has 3 heterocycles. The molecule has 0 aliphatic heterocycles. The Bertz CT molecular complexity index is 1160. The van der Waals surface area contributed by atoms with Gasteiger partial charge in [0.15, 0.2) is 0 Å². The molecule has 2 aliphatic rings. The van der Waals surface area contributed by atoms with Crippen molar-refractivity contribution in [2.24, 2.45) is 13.0 Å². The maximum atomic E-state index is 13.0. The van der Waals surface area contributed by atoms with Crippen LogP contribution in [0.25, 0.3) is 0 Å². The largest absolute Gasteiger partial charge is 0.390 e. The Balaban J connectivity index is 0.000000861. The van der Waals surface area contributed by atoms with Gasteiger partial charge in [0.1, 0.15) is 17.8 Å². The number of alkyl halides is 4. The zero-order valence-electron chi connectivity index (χ0n) is 20.3. The fraction of sp³-hybridized carbons (Fsp3) is 0.545. The average Bonchev–Trinajstić information content (AvgIpc) is 3.32. The third kappa shape index (κ3) is 6.65. The Morgan fingerprint density at radius 3 is 2.64 bits per heavy atom. The second-order valence-corrected chi connectivity index (χ2v) is 9.50. The van der Waals surface area contributed by atoms with Crippen LogP contribution in [0.2, 0.25) is 0 Å². The number of nitrogen functional groups attached to an aromatic ring is 1. The minimum absolute atomic E-state index is 0.00628. The molecule has 4 N–H and O–H groups in total. The molecule has 0 aromatic carbocycles. The van der Waals surface area contributed by atoms with E-state index in [0.717, 1.165) is 23.3 Å². The summed E-state index contributed by atoms with van der Waals surface area (Å²) in [7, 11) is 1.59. The number of hydrogen-bond donors (Lipinski definition) is 3. The molecule has 0 radical (unpaired) electrons. The predicted octanol–water partition coefficient (Wildman–Crippen LogP) is 5.31. The summed E-state index contributed by atoms with van der Waals surface area (Å²) >= 11 is 5.79. The number of rotatable bonds is 7. The lowest BCUT2D eigenvalue weighted by atomic mass is 9.91. The van der Waals surface area contributed by atoms with E-state index in [-0.39, 0.29) is 17.6 Å². The molecule has 1 atom stereocenters. The van der Waals surface area contributed by atoms with Crippen molar-refractivity contribution in [2.45, 2.75) is 44.6 Å². The number of thiophene rings is 1. The smallest absolute Gasteiger partial charge is 0.282 e. The summed E-state index contributed by atoms with van der Waals surface area (Å²) in [6, 6.07) is 1.30. The van der Waals surface area contributed by atoms with E-state index in [1.54, 1.807) is 13.4 Å². The number of amides is 1. The van der Waals surface area contributed by atoms with Gasteiger partial charge in [-0.3, -0.25) is 14.0 Å². The summed E-state index contributed by atoms with van der Waals surface area (Å²) in [5.41, 5.74) is 7.49. The maximum Gasteiger partial charge on any atom is 0.282 e. The van der Waals surface area contributed by atoms with E-state index >= 15 is 0 Å². The maximum absolute atomic E-state index is 13.0. The van der Waals surface area contributed by atoms with Gasteiger partial charge < -0.3 is 16.4 Å². The molecule has 3 aromatic rings. The first-order valence-electron chi connectivity index (χ1n) is 11.3. The first-order chi connectivity index (χ1) is 17.4. The number of aromatic nitrogens is 5. The van der Waals surface area contributed by atoms with Crippen LogP contribution in [0.15, 0.2) is 12.4 Å². The van der Waals surface area contributed by atoms with Gasteiger partial charge in [-0.2, -0.15) is 5.10 Å². The molecular formula is C22H30F2I2N8OS. The number of halogens is 4. The van der Waals surface area contributed by atoms with Crippen LogP contribution in [0.5, 0.6) is 0 Å². The van der Waals surface area contributed by atoms with Crippen molar-refractivity contribution in [1.29, 1.82) is 0 Å². The summed E-state index contributed by atoms with van der Waals surface area (Å²) in [5.74, 6) is 1.31. The molecule has 0 bridgehead atoms. The third-order valence-electron chi connectivity index (χ3n) is 6.07. The highest BCUT2D eigenvalue weighted by atomic mass is 127. The van der Waals surface area contributed by atoms with Crippen molar-refractivity contribution in [3.63, 3.8) is 0 Å². The highest BCUT2D eigenvalue weighted by Gasteiger charge is 2.31. The average molecular weight is 746 g/mol. The van der Waals surface area contributed by atoms with Gasteiger partial charge in [0, 0.05) is 30.6 Å². The van der Waals surface area contributed by atoms with E-state index in [0.29, 0.717) is 41.2 Å². The van der Waals surface area contributed by atoms with Crippen LogP contribution in [0.1, 0.15) is 58.2 Å². The summed E-state index contributed by atoms with van der Waals surface area (Å²) in [6.07, 6.45) is 3.54. The highest BCUT2D eigenvalue weighted by Crippen LogP contribution is 2.40. The van der Waals surface area contributed by atoms with E-state index in [1.165, 1.54) is 34.9 Å². The van der Waals surface area contributed by atoms with Crippen LogP contribution in [0.4, 0.5) is 25.5 Å². The zero-order valence-corrected chi connectivity index (χ0v) is 25.4. The number of fused-ring (bicyclic) bond motifs is 1. The van der Waals surface area contributed by atoms with E-state index < -0.39 is 6.43 Å².